The molecule has 1 aliphatic heterocycles. The fraction of sp³-hybridized carbons (Fsp3) is 0.818. The first-order valence-electron chi connectivity index (χ1n) is 6.14. The first-order valence-corrected chi connectivity index (χ1v) is 6.14. The first kappa shape index (κ1) is 14.9. The maximum atomic E-state index is 12.0. The quantitative estimate of drug-likeness (QED) is 0.429. The van der Waals surface area contributed by atoms with E-state index < -0.39 is 30.1 Å². The van der Waals surface area contributed by atoms with Crippen LogP contribution < -0.4 is 11.5 Å². The van der Waals surface area contributed by atoms with Crippen LogP contribution in [0.2, 0.25) is 0 Å². The average Bonchev–Trinajstić information content (AvgIpc) is 2.70. The van der Waals surface area contributed by atoms with Gasteiger partial charge in [-0.05, 0) is 19.4 Å². The summed E-state index contributed by atoms with van der Waals surface area (Å²) in [6, 6.07) is -1.68. The summed E-state index contributed by atoms with van der Waals surface area (Å²) in [6.07, 6.45) is 1.28. The summed E-state index contributed by atoms with van der Waals surface area (Å²) in [6.45, 7) is 0.585. The maximum absolute atomic E-state index is 12.0. The molecule has 1 fully saturated rings. The van der Waals surface area contributed by atoms with Crippen molar-refractivity contribution in [3.8, 4) is 0 Å². The Kier molecular flexibility index (Phi) is 5.52. The van der Waals surface area contributed by atoms with Gasteiger partial charge >= 0.3 is 5.97 Å². The molecule has 7 heteroatoms. The van der Waals surface area contributed by atoms with Gasteiger partial charge in [0.1, 0.15) is 6.04 Å². The van der Waals surface area contributed by atoms with Gasteiger partial charge in [-0.25, -0.2) is 4.79 Å². The van der Waals surface area contributed by atoms with E-state index in [1.165, 1.54) is 4.90 Å². The molecular weight excluding hydrogens is 238 g/mol. The van der Waals surface area contributed by atoms with E-state index >= 15 is 0 Å². The summed E-state index contributed by atoms with van der Waals surface area (Å²) >= 11 is 0. The van der Waals surface area contributed by atoms with Crippen molar-refractivity contribution in [3.63, 3.8) is 0 Å². The van der Waals surface area contributed by atoms with E-state index in [0.717, 1.165) is 12.8 Å². The maximum Gasteiger partial charge on any atom is 0.326 e. The number of β-amino-alcohol motifs (C(OH)–C–C–N with tert-alkyl or cyclic N) is 1. The highest BCUT2D eigenvalue weighted by molar-refractivity contribution is 5.87. The molecule has 0 radical (unpaired) electrons. The molecule has 0 aliphatic carbocycles. The highest BCUT2D eigenvalue weighted by atomic mass is 16.4. The van der Waals surface area contributed by atoms with Crippen LogP contribution in [0.1, 0.15) is 25.7 Å². The standard InChI is InChI=1S/C11H21N3O4/c12-4-2-1-3-8(13)10(16)14-6-7(15)5-9(14)11(17)18/h7-9,15H,1-6,12-13H2,(H,17,18)/t7-,8+,9+/m1/s1. The van der Waals surface area contributed by atoms with Gasteiger partial charge in [0.25, 0.3) is 0 Å². The molecule has 0 bridgehead atoms. The Morgan fingerprint density at radius 2 is 2.06 bits per heavy atom. The molecule has 1 rings (SSSR count). The zero-order valence-corrected chi connectivity index (χ0v) is 10.3. The summed E-state index contributed by atoms with van der Waals surface area (Å²) in [5.41, 5.74) is 11.1. The van der Waals surface area contributed by atoms with E-state index in [0.29, 0.717) is 13.0 Å². The molecule has 1 amide bonds. The van der Waals surface area contributed by atoms with Gasteiger partial charge in [0, 0.05) is 13.0 Å². The van der Waals surface area contributed by atoms with Crippen LogP contribution in [-0.2, 0) is 9.59 Å². The highest BCUT2D eigenvalue weighted by Gasteiger charge is 2.40. The number of carboxylic acid groups (broad SMARTS) is 1. The molecule has 1 aliphatic rings. The van der Waals surface area contributed by atoms with Crippen molar-refractivity contribution in [2.24, 2.45) is 11.5 Å². The van der Waals surface area contributed by atoms with Crippen molar-refractivity contribution < 1.29 is 19.8 Å². The minimum absolute atomic E-state index is 0.0421. The number of carbonyl (C=O) groups excluding carboxylic acids is 1. The van der Waals surface area contributed by atoms with Gasteiger partial charge in [-0.1, -0.05) is 6.42 Å². The summed E-state index contributed by atoms with van der Waals surface area (Å²) in [4.78, 5) is 24.1. The van der Waals surface area contributed by atoms with E-state index in [1.54, 1.807) is 0 Å². The molecule has 0 aromatic carbocycles. The fourth-order valence-electron chi connectivity index (χ4n) is 2.14. The summed E-state index contributed by atoms with van der Waals surface area (Å²) in [7, 11) is 0. The van der Waals surface area contributed by atoms with E-state index in [1.807, 2.05) is 0 Å². The number of aliphatic hydroxyl groups excluding tert-OH is 1. The highest BCUT2D eigenvalue weighted by Crippen LogP contribution is 2.19. The van der Waals surface area contributed by atoms with E-state index in [2.05, 4.69) is 0 Å². The molecule has 0 aromatic heterocycles. The monoisotopic (exact) mass is 259 g/mol. The average molecular weight is 259 g/mol. The van der Waals surface area contributed by atoms with Gasteiger partial charge in [0.15, 0.2) is 0 Å². The molecule has 3 atom stereocenters. The minimum atomic E-state index is -1.10. The van der Waals surface area contributed by atoms with E-state index in [-0.39, 0.29) is 13.0 Å². The number of carbonyl (C=O) groups is 2. The third-order valence-corrected chi connectivity index (χ3v) is 3.13. The smallest absolute Gasteiger partial charge is 0.326 e. The Balaban J connectivity index is 2.56. The van der Waals surface area contributed by atoms with Gasteiger partial charge in [-0.2, -0.15) is 0 Å². The largest absolute Gasteiger partial charge is 0.480 e. The second-order valence-electron chi connectivity index (χ2n) is 4.63. The van der Waals surface area contributed by atoms with Crippen molar-refractivity contribution in [3.05, 3.63) is 0 Å². The van der Waals surface area contributed by atoms with Gasteiger partial charge in [-0.3, -0.25) is 4.79 Å². The van der Waals surface area contributed by atoms with Crippen molar-refractivity contribution in [2.45, 2.75) is 43.9 Å². The molecule has 6 N–H and O–H groups in total. The van der Waals surface area contributed by atoms with Gasteiger partial charge in [0.05, 0.1) is 12.1 Å². The number of aliphatic hydroxyl groups is 1. The topological polar surface area (TPSA) is 130 Å². The number of aliphatic carboxylic acids is 1. The van der Waals surface area contributed by atoms with E-state index in [4.69, 9.17) is 16.6 Å². The number of hydrogen-bond donors (Lipinski definition) is 4. The first-order chi connectivity index (χ1) is 8.47. The summed E-state index contributed by atoms with van der Waals surface area (Å²) in [5, 5.41) is 18.4. The molecular formula is C11H21N3O4. The van der Waals surface area contributed by atoms with Gasteiger partial charge < -0.3 is 26.6 Å². The molecule has 0 unspecified atom stereocenters. The second kappa shape index (κ2) is 6.67. The van der Waals surface area contributed by atoms with Gasteiger partial charge in [0.2, 0.25) is 5.91 Å². The third-order valence-electron chi connectivity index (χ3n) is 3.13. The number of nitrogens with two attached hydrogens (primary N) is 2. The Hall–Kier alpha value is -1.18. The SMILES string of the molecule is NCCCC[C@H](N)C(=O)N1C[C@H](O)C[C@H]1C(=O)O. The fourth-order valence-corrected chi connectivity index (χ4v) is 2.14. The molecule has 0 spiro atoms. The number of carboxylic acids is 1. The lowest BCUT2D eigenvalue weighted by atomic mass is 10.1. The normalized spacial score (nSPS) is 25.2. The predicted molar refractivity (Wildman–Crippen MR) is 64.6 cm³/mol. The van der Waals surface area contributed by atoms with Crippen LogP contribution in [0.4, 0.5) is 0 Å². The Bertz CT molecular complexity index is 311. The van der Waals surface area contributed by atoms with Crippen LogP contribution in [0.5, 0.6) is 0 Å². The molecule has 0 saturated carbocycles. The molecule has 18 heavy (non-hydrogen) atoms. The van der Waals surface area contributed by atoms with Crippen LogP contribution in [0, 0.1) is 0 Å². The molecule has 1 saturated heterocycles. The molecule has 0 aromatic rings. The van der Waals surface area contributed by atoms with Crippen LogP contribution >= 0.6 is 0 Å². The predicted octanol–water partition coefficient (Wildman–Crippen LogP) is -1.51. The number of nitrogens with zero attached hydrogens (tertiary/aromatic N) is 1. The number of likely N-dealkylation sites (tertiary alicyclic amines) is 1. The Labute approximate surface area is 106 Å². The van der Waals surface area contributed by atoms with Crippen molar-refractivity contribution >= 4 is 11.9 Å². The van der Waals surface area contributed by atoms with Crippen LogP contribution in [0.3, 0.4) is 0 Å². The zero-order valence-electron chi connectivity index (χ0n) is 10.3. The number of amides is 1. The molecule has 7 nitrogen and oxygen atoms in total. The molecule has 1 heterocycles. The molecule has 104 valence electrons. The second-order valence-corrected chi connectivity index (χ2v) is 4.63. The van der Waals surface area contributed by atoms with Crippen LogP contribution in [0.25, 0.3) is 0 Å². The van der Waals surface area contributed by atoms with E-state index in [9.17, 15) is 14.7 Å². The number of rotatable bonds is 6. The lowest BCUT2D eigenvalue weighted by molar-refractivity contribution is -0.148. The lowest BCUT2D eigenvalue weighted by Gasteiger charge is -2.24. The zero-order chi connectivity index (χ0) is 13.7. The third kappa shape index (κ3) is 3.66. The van der Waals surface area contributed by atoms with Gasteiger partial charge in [-0.15, -0.1) is 0 Å². The minimum Gasteiger partial charge on any atom is -0.480 e. The van der Waals surface area contributed by atoms with Crippen LogP contribution in [-0.4, -0.2) is 58.3 Å². The van der Waals surface area contributed by atoms with Crippen LogP contribution in [0.15, 0.2) is 0 Å². The number of hydrogen-bond acceptors (Lipinski definition) is 5. The number of unbranched alkanes of at least 4 members (excludes halogenated alkanes) is 1. The van der Waals surface area contributed by atoms with Crippen molar-refractivity contribution in [1.82, 2.24) is 4.90 Å². The summed E-state index contributed by atoms with van der Waals surface area (Å²) < 4.78 is 0. The van der Waals surface area contributed by atoms with Crippen molar-refractivity contribution in [2.75, 3.05) is 13.1 Å². The summed E-state index contributed by atoms with van der Waals surface area (Å²) in [5.74, 6) is -1.51. The Morgan fingerprint density at radius 3 is 2.61 bits per heavy atom. The lowest BCUT2D eigenvalue weighted by Crippen LogP contribution is -2.48. The van der Waals surface area contributed by atoms with Crippen molar-refractivity contribution in [1.29, 1.82) is 0 Å². The Morgan fingerprint density at radius 1 is 1.39 bits per heavy atom.